The first-order chi connectivity index (χ1) is 17.7. The summed E-state index contributed by atoms with van der Waals surface area (Å²) in [6.45, 7) is 5.67. The van der Waals surface area contributed by atoms with Crippen LogP contribution in [0.1, 0.15) is 51.8 Å². The van der Waals surface area contributed by atoms with E-state index in [-0.39, 0.29) is 17.9 Å². The maximum absolute atomic E-state index is 13.6. The topological polar surface area (TPSA) is 109 Å². The number of carbonyl (C=O) groups excluding carboxylic acids is 2. The van der Waals surface area contributed by atoms with Gasteiger partial charge in [0.05, 0.1) is 35.5 Å². The van der Waals surface area contributed by atoms with Crippen molar-refractivity contribution in [3.05, 3.63) is 59.1 Å². The van der Waals surface area contributed by atoms with Crippen molar-refractivity contribution in [3.8, 4) is 11.5 Å². The molecule has 9 nitrogen and oxygen atoms in total. The van der Waals surface area contributed by atoms with Gasteiger partial charge in [-0.05, 0) is 51.3 Å². The number of hydrogen-bond donors (Lipinski definition) is 2. The number of benzene rings is 1. The first kappa shape index (κ1) is 23.5. The number of aryl methyl sites for hydroxylation is 2. The SMILES string of the molecule is Cc1oc2cc(Oc3ccnn4cc(C(=O)N5C[C@H](O)[C@@H]5C)c(C)c34)ccc2c1C(=O)N[C@H]1CC[C@H]1F. The highest BCUT2D eigenvalue weighted by Gasteiger charge is 2.39. The Balaban J connectivity index is 1.29. The van der Waals surface area contributed by atoms with E-state index in [4.69, 9.17) is 9.15 Å². The van der Waals surface area contributed by atoms with Gasteiger partial charge in [-0.15, -0.1) is 0 Å². The van der Waals surface area contributed by atoms with Crippen LogP contribution < -0.4 is 10.1 Å². The molecule has 4 aromatic rings. The van der Waals surface area contributed by atoms with Gasteiger partial charge in [-0.25, -0.2) is 8.91 Å². The largest absolute Gasteiger partial charge is 0.460 e. The number of hydrogen-bond acceptors (Lipinski definition) is 6. The Labute approximate surface area is 211 Å². The number of β-amino-alcohol motifs (C(OH)–C–C–N with tert-alkyl or cyclic N) is 1. The predicted molar refractivity (Wildman–Crippen MR) is 133 cm³/mol. The molecule has 0 radical (unpaired) electrons. The van der Waals surface area contributed by atoms with Crippen LogP contribution in [-0.4, -0.2) is 62.3 Å². The average molecular weight is 507 g/mol. The molecule has 6 rings (SSSR count). The molecular weight excluding hydrogens is 479 g/mol. The molecule has 4 heterocycles. The Morgan fingerprint density at radius 1 is 1.24 bits per heavy atom. The number of nitrogens with one attached hydrogen (secondary N) is 1. The predicted octanol–water partition coefficient (Wildman–Crippen LogP) is 3.93. The Bertz CT molecular complexity index is 1560. The van der Waals surface area contributed by atoms with Crippen molar-refractivity contribution < 1.29 is 28.2 Å². The standard InChI is InChI=1S/C27H27FN4O5/c1-13-18(27(35)31-12-21(33)14(31)2)11-32-25(13)22(8-9-29-32)37-16-4-5-17-23(10-16)36-15(3)24(17)26(34)30-20-7-6-19(20)28/h4-5,8-11,14,19-21,33H,6-7,12H2,1-3H3,(H,30,34)/t14-,19+,20-,21-/m0/s1. The highest BCUT2D eigenvalue weighted by Crippen LogP contribution is 2.35. The molecule has 10 heteroatoms. The first-order valence-corrected chi connectivity index (χ1v) is 12.3. The molecule has 0 spiro atoms. The second-order valence-electron chi connectivity index (χ2n) is 9.89. The van der Waals surface area contributed by atoms with Gasteiger partial charge in [-0.2, -0.15) is 5.10 Å². The van der Waals surface area contributed by atoms with Crippen LogP contribution in [0.25, 0.3) is 16.5 Å². The van der Waals surface area contributed by atoms with E-state index in [1.54, 1.807) is 53.0 Å². The number of aliphatic hydroxyl groups excluding tert-OH is 1. The fourth-order valence-electron chi connectivity index (χ4n) is 5.07. The Morgan fingerprint density at radius 2 is 2.05 bits per heavy atom. The Kier molecular flexibility index (Phi) is 5.45. The lowest BCUT2D eigenvalue weighted by Crippen LogP contribution is -2.60. The van der Waals surface area contributed by atoms with Gasteiger partial charge >= 0.3 is 0 Å². The third-order valence-electron chi connectivity index (χ3n) is 7.61. The molecule has 0 bridgehead atoms. The zero-order valence-electron chi connectivity index (χ0n) is 20.7. The van der Waals surface area contributed by atoms with Crippen molar-refractivity contribution in [2.45, 2.75) is 58.0 Å². The number of alkyl halides is 1. The minimum atomic E-state index is -1.01. The van der Waals surface area contributed by atoms with Crippen LogP contribution in [0.4, 0.5) is 4.39 Å². The van der Waals surface area contributed by atoms with Crippen LogP contribution in [0, 0.1) is 13.8 Å². The fourth-order valence-corrected chi connectivity index (χ4v) is 5.07. The van der Waals surface area contributed by atoms with Crippen molar-refractivity contribution in [3.63, 3.8) is 0 Å². The maximum Gasteiger partial charge on any atom is 0.256 e. The van der Waals surface area contributed by atoms with E-state index in [0.29, 0.717) is 64.3 Å². The molecule has 4 atom stereocenters. The molecule has 1 saturated carbocycles. The number of ether oxygens (including phenoxy) is 1. The van der Waals surface area contributed by atoms with Crippen LogP contribution in [0.2, 0.25) is 0 Å². The van der Waals surface area contributed by atoms with E-state index in [1.165, 1.54) is 0 Å². The number of furan rings is 1. The summed E-state index contributed by atoms with van der Waals surface area (Å²) in [7, 11) is 0. The zero-order chi connectivity index (χ0) is 26.0. The number of fused-ring (bicyclic) bond motifs is 2. The minimum Gasteiger partial charge on any atom is -0.460 e. The summed E-state index contributed by atoms with van der Waals surface area (Å²) in [6, 6.07) is 6.21. The molecule has 192 valence electrons. The molecule has 2 aliphatic rings. The van der Waals surface area contributed by atoms with Gasteiger partial charge in [0.25, 0.3) is 11.8 Å². The summed E-state index contributed by atoms with van der Waals surface area (Å²) < 4.78 is 27.3. The Hall–Kier alpha value is -3.92. The second-order valence-corrected chi connectivity index (χ2v) is 9.89. The first-order valence-electron chi connectivity index (χ1n) is 12.3. The van der Waals surface area contributed by atoms with Gasteiger partial charge in [0.2, 0.25) is 0 Å². The summed E-state index contributed by atoms with van der Waals surface area (Å²) >= 11 is 0. The van der Waals surface area contributed by atoms with Crippen molar-refractivity contribution in [1.82, 2.24) is 19.8 Å². The molecule has 2 N–H and O–H groups in total. The van der Waals surface area contributed by atoms with E-state index in [2.05, 4.69) is 10.4 Å². The van der Waals surface area contributed by atoms with Crippen LogP contribution in [-0.2, 0) is 0 Å². The van der Waals surface area contributed by atoms with Crippen molar-refractivity contribution >= 4 is 28.3 Å². The monoisotopic (exact) mass is 506 g/mol. The van der Waals surface area contributed by atoms with Crippen LogP contribution >= 0.6 is 0 Å². The lowest BCUT2D eigenvalue weighted by Gasteiger charge is -2.43. The third kappa shape index (κ3) is 3.74. The number of halogens is 1. The van der Waals surface area contributed by atoms with Gasteiger partial charge in [0.1, 0.15) is 28.8 Å². The molecule has 2 amide bonds. The normalized spacial score (nSPS) is 23.1. The molecule has 3 aromatic heterocycles. The molecule has 37 heavy (non-hydrogen) atoms. The summed E-state index contributed by atoms with van der Waals surface area (Å²) in [5, 5.41) is 17.5. The van der Waals surface area contributed by atoms with E-state index >= 15 is 0 Å². The van der Waals surface area contributed by atoms with Crippen molar-refractivity contribution in [1.29, 1.82) is 0 Å². The van der Waals surface area contributed by atoms with Gasteiger partial charge in [0, 0.05) is 30.3 Å². The lowest BCUT2D eigenvalue weighted by atomic mass is 9.90. The number of rotatable bonds is 5. The summed E-state index contributed by atoms with van der Waals surface area (Å²) in [4.78, 5) is 27.5. The van der Waals surface area contributed by atoms with Crippen LogP contribution in [0.5, 0.6) is 11.5 Å². The summed E-state index contributed by atoms with van der Waals surface area (Å²) in [5.74, 6) is 0.922. The number of likely N-dealkylation sites (tertiary alicyclic amines) is 1. The van der Waals surface area contributed by atoms with Crippen molar-refractivity contribution in [2.24, 2.45) is 0 Å². The van der Waals surface area contributed by atoms with E-state index in [1.807, 2.05) is 13.8 Å². The van der Waals surface area contributed by atoms with Crippen LogP contribution in [0.15, 0.2) is 41.1 Å². The summed E-state index contributed by atoms with van der Waals surface area (Å²) in [5.41, 5.74) is 2.73. The van der Waals surface area contributed by atoms with Gasteiger partial charge in [0.15, 0.2) is 5.75 Å². The molecular formula is C27H27FN4O5. The van der Waals surface area contributed by atoms with Crippen LogP contribution in [0.3, 0.4) is 0 Å². The second kappa shape index (κ2) is 8.58. The number of aromatic nitrogens is 2. The lowest BCUT2D eigenvalue weighted by molar-refractivity contribution is -0.0357. The molecule has 1 aliphatic carbocycles. The maximum atomic E-state index is 13.6. The molecule has 2 fully saturated rings. The average Bonchev–Trinajstić information content (AvgIpc) is 3.40. The van der Waals surface area contributed by atoms with Gasteiger partial charge in [-0.1, -0.05) is 0 Å². The van der Waals surface area contributed by atoms with Gasteiger partial charge < -0.3 is 24.5 Å². The number of carbonyl (C=O) groups is 2. The molecule has 1 saturated heterocycles. The van der Waals surface area contributed by atoms with E-state index in [9.17, 15) is 19.1 Å². The van der Waals surface area contributed by atoms with E-state index < -0.39 is 18.3 Å². The number of aliphatic hydroxyl groups is 1. The zero-order valence-corrected chi connectivity index (χ0v) is 20.7. The quantitative estimate of drug-likeness (QED) is 0.425. The number of nitrogens with zero attached hydrogens (tertiary/aromatic N) is 3. The van der Waals surface area contributed by atoms with Crippen molar-refractivity contribution in [2.75, 3.05) is 6.54 Å². The Morgan fingerprint density at radius 3 is 2.73 bits per heavy atom. The number of amides is 2. The smallest absolute Gasteiger partial charge is 0.256 e. The minimum absolute atomic E-state index is 0.161. The fraction of sp³-hybridized carbons (Fsp3) is 0.370. The molecule has 1 aromatic carbocycles. The van der Waals surface area contributed by atoms with E-state index in [0.717, 1.165) is 5.56 Å². The highest BCUT2D eigenvalue weighted by atomic mass is 19.1. The molecule has 0 unspecified atom stereocenters. The molecule has 1 aliphatic heterocycles. The summed E-state index contributed by atoms with van der Waals surface area (Å²) in [6.07, 6.45) is 2.84. The highest BCUT2D eigenvalue weighted by molar-refractivity contribution is 6.07. The van der Waals surface area contributed by atoms with Gasteiger partial charge in [-0.3, -0.25) is 9.59 Å². The third-order valence-corrected chi connectivity index (χ3v) is 7.61.